The maximum Gasteiger partial charge on any atom is 0.281 e. The second-order valence-electron chi connectivity index (χ2n) is 5.00. The van der Waals surface area contributed by atoms with Gasteiger partial charge in [0, 0.05) is 16.1 Å². The highest BCUT2D eigenvalue weighted by Gasteiger charge is 2.32. The van der Waals surface area contributed by atoms with E-state index < -0.39 is 0 Å². The summed E-state index contributed by atoms with van der Waals surface area (Å²) in [4.78, 5) is 14.1. The molecule has 1 N–H and O–H groups in total. The Morgan fingerprint density at radius 2 is 2.00 bits per heavy atom. The van der Waals surface area contributed by atoms with Crippen LogP contribution in [0, 0.1) is 0 Å². The molecular formula is C17H12Cl2N2O2S. The molecule has 0 atom stereocenters. The number of benzene rings is 2. The number of anilines is 1. The van der Waals surface area contributed by atoms with Gasteiger partial charge in [-0.15, -0.1) is 0 Å². The van der Waals surface area contributed by atoms with Gasteiger partial charge in [0.1, 0.15) is 11.4 Å². The second kappa shape index (κ2) is 6.81. The van der Waals surface area contributed by atoms with Crippen molar-refractivity contribution in [2.45, 2.75) is 0 Å². The lowest BCUT2D eigenvalue weighted by Gasteiger charge is -2.14. The van der Waals surface area contributed by atoms with Gasteiger partial charge in [-0.2, -0.15) is 0 Å². The van der Waals surface area contributed by atoms with Crippen LogP contribution in [0.3, 0.4) is 0 Å². The van der Waals surface area contributed by atoms with Crippen LogP contribution in [-0.4, -0.2) is 18.1 Å². The third kappa shape index (κ3) is 3.24. The second-order valence-corrected chi connectivity index (χ2v) is 6.23. The van der Waals surface area contributed by atoms with E-state index in [0.29, 0.717) is 37.9 Å². The van der Waals surface area contributed by atoms with Gasteiger partial charge in [-0.3, -0.25) is 9.69 Å². The average molecular weight is 379 g/mol. The van der Waals surface area contributed by atoms with Crippen molar-refractivity contribution >= 4 is 58.2 Å². The Balaban J connectivity index is 1.95. The number of hydrogen-bond donors (Lipinski definition) is 1. The smallest absolute Gasteiger partial charge is 0.281 e. The van der Waals surface area contributed by atoms with Crippen molar-refractivity contribution in [2.24, 2.45) is 0 Å². The first-order valence-corrected chi connectivity index (χ1v) is 8.12. The van der Waals surface area contributed by atoms with Crippen LogP contribution >= 0.6 is 35.4 Å². The molecule has 3 rings (SSSR count). The van der Waals surface area contributed by atoms with E-state index >= 15 is 0 Å². The van der Waals surface area contributed by atoms with E-state index in [-0.39, 0.29) is 5.91 Å². The molecule has 0 aromatic heterocycles. The number of ether oxygens (including phenoxy) is 1. The van der Waals surface area contributed by atoms with E-state index in [1.54, 1.807) is 55.7 Å². The fourth-order valence-corrected chi connectivity index (χ4v) is 3.05. The normalized spacial score (nSPS) is 15.8. The lowest BCUT2D eigenvalue weighted by Crippen LogP contribution is -2.30. The molecule has 2 aromatic rings. The van der Waals surface area contributed by atoms with Crippen molar-refractivity contribution in [3.63, 3.8) is 0 Å². The van der Waals surface area contributed by atoms with Crippen molar-refractivity contribution < 1.29 is 9.53 Å². The van der Waals surface area contributed by atoms with Gasteiger partial charge < -0.3 is 10.1 Å². The molecule has 24 heavy (non-hydrogen) atoms. The first-order chi connectivity index (χ1) is 11.5. The Kier molecular flexibility index (Phi) is 4.76. The molecule has 4 nitrogen and oxygen atoms in total. The maximum atomic E-state index is 12.7. The molecule has 0 unspecified atom stereocenters. The number of rotatable bonds is 3. The number of halogens is 2. The van der Waals surface area contributed by atoms with Crippen molar-refractivity contribution in [1.82, 2.24) is 5.32 Å². The molecule has 1 heterocycles. The minimum absolute atomic E-state index is 0.265. The summed E-state index contributed by atoms with van der Waals surface area (Å²) in [6.45, 7) is 0. The van der Waals surface area contributed by atoms with Gasteiger partial charge in [-0.25, -0.2) is 0 Å². The van der Waals surface area contributed by atoms with E-state index in [0.717, 1.165) is 0 Å². The predicted molar refractivity (Wildman–Crippen MR) is 101 cm³/mol. The number of hydrogen-bond acceptors (Lipinski definition) is 3. The molecule has 0 radical (unpaired) electrons. The molecule has 0 aliphatic carbocycles. The standard InChI is InChI=1S/C17H12Cl2N2O2S/c1-23-13-4-2-3-12(9-13)21-16(22)15(20-17(21)24)7-10-5-6-11(18)8-14(10)19/h2-9H,1H3,(H,20,24)/b15-7-. The highest BCUT2D eigenvalue weighted by atomic mass is 35.5. The number of nitrogens with zero attached hydrogens (tertiary/aromatic N) is 1. The number of nitrogens with one attached hydrogen (secondary N) is 1. The third-order valence-corrected chi connectivity index (χ3v) is 4.30. The average Bonchev–Trinajstić information content (AvgIpc) is 2.84. The number of carbonyl (C=O) groups excluding carboxylic acids is 1. The molecule has 122 valence electrons. The van der Waals surface area contributed by atoms with Crippen LogP contribution < -0.4 is 15.0 Å². The molecule has 1 fully saturated rings. The lowest BCUT2D eigenvalue weighted by molar-refractivity contribution is -0.113. The number of thiocarbonyl (C=S) groups is 1. The fourth-order valence-electron chi connectivity index (χ4n) is 2.29. The first-order valence-electron chi connectivity index (χ1n) is 6.96. The van der Waals surface area contributed by atoms with E-state index in [1.165, 1.54) is 4.90 Å². The summed E-state index contributed by atoms with van der Waals surface area (Å²) in [5, 5.41) is 4.20. The van der Waals surface area contributed by atoms with Gasteiger partial charge in [0.2, 0.25) is 0 Å². The molecule has 1 aliphatic rings. The fraction of sp³-hybridized carbons (Fsp3) is 0.0588. The third-order valence-electron chi connectivity index (χ3n) is 3.45. The van der Waals surface area contributed by atoms with Crippen molar-refractivity contribution in [3.8, 4) is 5.75 Å². The number of carbonyl (C=O) groups is 1. The van der Waals surface area contributed by atoms with Crippen molar-refractivity contribution in [1.29, 1.82) is 0 Å². The van der Waals surface area contributed by atoms with Crippen LogP contribution in [0.25, 0.3) is 6.08 Å². The largest absolute Gasteiger partial charge is 0.497 e. The van der Waals surface area contributed by atoms with Gasteiger partial charge in [-0.05, 0) is 48.1 Å². The summed E-state index contributed by atoms with van der Waals surface area (Å²) in [7, 11) is 1.56. The summed E-state index contributed by atoms with van der Waals surface area (Å²) in [6.07, 6.45) is 1.65. The summed E-state index contributed by atoms with van der Waals surface area (Å²) >= 11 is 17.3. The minimum atomic E-state index is -0.265. The van der Waals surface area contributed by atoms with Crippen molar-refractivity contribution in [2.75, 3.05) is 12.0 Å². The van der Waals surface area contributed by atoms with Crippen LogP contribution in [0.15, 0.2) is 48.2 Å². The molecular weight excluding hydrogens is 367 g/mol. The van der Waals surface area contributed by atoms with Gasteiger partial charge in [0.05, 0.1) is 12.8 Å². The molecule has 0 saturated carbocycles. The van der Waals surface area contributed by atoms with Crippen LogP contribution in [-0.2, 0) is 4.79 Å². The predicted octanol–water partition coefficient (Wildman–Crippen LogP) is 4.26. The van der Waals surface area contributed by atoms with Crippen LogP contribution in [0.1, 0.15) is 5.56 Å². The quantitative estimate of drug-likeness (QED) is 0.639. The van der Waals surface area contributed by atoms with Gasteiger partial charge in [0.25, 0.3) is 5.91 Å². The van der Waals surface area contributed by atoms with Crippen LogP contribution in [0.4, 0.5) is 5.69 Å². The highest BCUT2D eigenvalue weighted by molar-refractivity contribution is 7.80. The molecule has 1 amide bonds. The summed E-state index contributed by atoms with van der Waals surface area (Å²) < 4.78 is 5.19. The zero-order valence-corrected chi connectivity index (χ0v) is 14.9. The monoisotopic (exact) mass is 378 g/mol. The van der Waals surface area contributed by atoms with Gasteiger partial charge in [-0.1, -0.05) is 35.3 Å². The SMILES string of the molecule is COc1cccc(N2C(=O)/C(=C/c3ccc(Cl)cc3Cl)NC2=S)c1. The van der Waals surface area contributed by atoms with Crippen LogP contribution in [0.5, 0.6) is 5.75 Å². The molecule has 7 heteroatoms. The summed E-state index contributed by atoms with van der Waals surface area (Å²) in [5.41, 5.74) is 1.64. The maximum absolute atomic E-state index is 12.7. The van der Waals surface area contributed by atoms with Crippen LogP contribution in [0.2, 0.25) is 10.0 Å². The Morgan fingerprint density at radius 3 is 2.71 bits per heavy atom. The Morgan fingerprint density at radius 1 is 1.21 bits per heavy atom. The number of amides is 1. The Hall–Kier alpha value is -2.08. The lowest BCUT2D eigenvalue weighted by atomic mass is 10.2. The van der Waals surface area contributed by atoms with E-state index in [4.69, 9.17) is 40.2 Å². The highest BCUT2D eigenvalue weighted by Crippen LogP contribution is 2.28. The first kappa shape index (κ1) is 16.8. The van der Waals surface area contributed by atoms with E-state index in [9.17, 15) is 4.79 Å². The Labute approximate surface area is 154 Å². The van der Waals surface area contributed by atoms with Crippen molar-refractivity contribution in [3.05, 3.63) is 63.8 Å². The minimum Gasteiger partial charge on any atom is -0.497 e. The summed E-state index contributed by atoms with van der Waals surface area (Å²) in [6, 6.07) is 12.2. The van der Waals surface area contributed by atoms with E-state index in [2.05, 4.69) is 5.32 Å². The molecule has 1 saturated heterocycles. The molecule has 0 bridgehead atoms. The van der Waals surface area contributed by atoms with Gasteiger partial charge in [0.15, 0.2) is 5.11 Å². The molecule has 2 aromatic carbocycles. The van der Waals surface area contributed by atoms with Gasteiger partial charge >= 0.3 is 0 Å². The topological polar surface area (TPSA) is 41.6 Å². The summed E-state index contributed by atoms with van der Waals surface area (Å²) in [5.74, 6) is 0.376. The Bertz CT molecular complexity index is 867. The number of methoxy groups -OCH3 is 1. The molecule has 1 aliphatic heterocycles. The van der Waals surface area contributed by atoms with E-state index in [1.807, 2.05) is 0 Å². The zero-order valence-electron chi connectivity index (χ0n) is 12.5. The zero-order chi connectivity index (χ0) is 17.3. The molecule has 0 spiro atoms.